The van der Waals surface area contributed by atoms with Crippen LogP contribution in [0.2, 0.25) is 0 Å². The number of benzene rings is 1. The highest BCUT2D eigenvalue weighted by Crippen LogP contribution is 2.22. The summed E-state index contributed by atoms with van der Waals surface area (Å²) < 4.78 is 49.2. The minimum absolute atomic E-state index is 0.00118. The molecule has 0 aliphatic heterocycles. The zero-order valence-corrected chi connectivity index (χ0v) is 16.1. The standard InChI is InChI=1S/C18H21F3N2O3S/c1-12(8-25-3)23(11-18(19,20)21)17(24)14-5-4-6-16(7-14)26-9-15-10-27-13(2)22-15/h4-7,10,12H,8-9,11H2,1-3H3/t12-/m0/s1. The maximum absolute atomic E-state index is 12.9. The molecule has 1 heterocycles. The third-order valence-corrected chi connectivity index (χ3v) is 4.51. The summed E-state index contributed by atoms with van der Waals surface area (Å²) in [5.41, 5.74) is 0.871. The third kappa shape index (κ3) is 6.51. The highest BCUT2D eigenvalue weighted by molar-refractivity contribution is 7.09. The van der Waals surface area contributed by atoms with Gasteiger partial charge in [0, 0.05) is 18.1 Å². The molecule has 0 saturated heterocycles. The number of nitrogens with zero attached hydrogens (tertiary/aromatic N) is 2. The van der Waals surface area contributed by atoms with Crippen LogP contribution >= 0.6 is 11.3 Å². The first-order valence-corrected chi connectivity index (χ1v) is 9.08. The van der Waals surface area contributed by atoms with Crippen LogP contribution in [0.3, 0.4) is 0 Å². The van der Waals surface area contributed by atoms with Gasteiger partial charge in [0.2, 0.25) is 0 Å². The summed E-state index contributed by atoms with van der Waals surface area (Å²) in [6.07, 6.45) is -4.51. The van der Waals surface area contributed by atoms with E-state index in [1.807, 2.05) is 12.3 Å². The van der Waals surface area contributed by atoms with E-state index >= 15 is 0 Å². The topological polar surface area (TPSA) is 51.7 Å². The van der Waals surface area contributed by atoms with E-state index in [0.717, 1.165) is 15.6 Å². The monoisotopic (exact) mass is 402 g/mol. The molecule has 2 aromatic rings. The number of carbonyl (C=O) groups is 1. The Balaban J connectivity index is 2.14. The molecule has 5 nitrogen and oxygen atoms in total. The minimum Gasteiger partial charge on any atom is -0.487 e. The maximum atomic E-state index is 12.9. The fourth-order valence-corrected chi connectivity index (χ4v) is 3.07. The molecule has 0 N–H and O–H groups in total. The number of methoxy groups -OCH3 is 1. The lowest BCUT2D eigenvalue weighted by Crippen LogP contribution is -2.46. The summed E-state index contributed by atoms with van der Waals surface area (Å²) in [6, 6.07) is 5.38. The Labute approximate surface area is 159 Å². The first-order valence-electron chi connectivity index (χ1n) is 8.20. The molecule has 0 aliphatic carbocycles. The van der Waals surface area contributed by atoms with E-state index in [1.54, 1.807) is 12.1 Å². The molecule has 2 rings (SSSR count). The second-order valence-electron chi connectivity index (χ2n) is 6.03. The third-order valence-electron chi connectivity index (χ3n) is 3.68. The first-order chi connectivity index (χ1) is 12.7. The zero-order chi connectivity index (χ0) is 20.0. The molecule has 1 amide bonds. The number of amides is 1. The number of hydrogen-bond acceptors (Lipinski definition) is 5. The highest BCUT2D eigenvalue weighted by atomic mass is 32.1. The number of aryl methyl sites for hydroxylation is 1. The number of hydrogen-bond donors (Lipinski definition) is 0. The summed E-state index contributed by atoms with van der Waals surface area (Å²) in [7, 11) is 1.38. The summed E-state index contributed by atoms with van der Waals surface area (Å²) >= 11 is 1.49. The summed E-state index contributed by atoms with van der Waals surface area (Å²) in [6.45, 7) is 2.26. The lowest BCUT2D eigenvalue weighted by molar-refractivity contribution is -0.145. The summed E-state index contributed by atoms with van der Waals surface area (Å²) in [5, 5.41) is 2.77. The molecule has 0 spiro atoms. The van der Waals surface area contributed by atoms with E-state index in [1.165, 1.54) is 37.5 Å². The molecule has 148 valence electrons. The fourth-order valence-electron chi connectivity index (χ4n) is 2.47. The second-order valence-corrected chi connectivity index (χ2v) is 7.09. The molecule has 1 atom stereocenters. The van der Waals surface area contributed by atoms with Crippen molar-refractivity contribution in [2.45, 2.75) is 32.7 Å². The van der Waals surface area contributed by atoms with Crippen LogP contribution in [0.25, 0.3) is 0 Å². The zero-order valence-electron chi connectivity index (χ0n) is 15.2. The van der Waals surface area contributed by atoms with E-state index in [4.69, 9.17) is 9.47 Å². The Hall–Kier alpha value is -2.13. The van der Waals surface area contributed by atoms with E-state index in [2.05, 4.69) is 4.98 Å². The van der Waals surface area contributed by atoms with Crippen molar-refractivity contribution in [3.63, 3.8) is 0 Å². The van der Waals surface area contributed by atoms with Gasteiger partial charge < -0.3 is 14.4 Å². The van der Waals surface area contributed by atoms with Crippen LogP contribution in [-0.4, -0.2) is 48.3 Å². The van der Waals surface area contributed by atoms with Crippen LogP contribution in [-0.2, 0) is 11.3 Å². The van der Waals surface area contributed by atoms with Crippen LogP contribution in [0.15, 0.2) is 29.6 Å². The van der Waals surface area contributed by atoms with Crippen molar-refractivity contribution < 1.29 is 27.4 Å². The Morgan fingerprint density at radius 3 is 2.70 bits per heavy atom. The predicted octanol–water partition coefficient (Wildman–Crippen LogP) is 4.07. The highest BCUT2D eigenvalue weighted by Gasteiger charge is 2.35. The Bertz CT molecular complexity index is 764. The van der Waals surface area contributed by atoms with E-state index in [0.29, 0.717) is 5.75 Å². The van der Waals surface area contributed by atoms with Gasteiger partial charge in [0.05, 0.1) is 23.4 Å². The van der Waals surface area contributed by atoms with Crippen LogP contribution in [0, 0.1) is 6.92 Å². The van der Waals surface area contributed by atoms with Gasteiger partial charge in [0.25, 0.3) is 5.91 Å². The molecule has 9 heteroatoms. The molecule has 1 aromatic heterocycles. The van der Waals surface area contributed by atoms with Gasteiger partial charge in [0.15, 0.2) is 0 Å². The Kier molecular flexibility index (Phi) is 7.20. The van der Waals surface area contributed by atoms with E-state index in [9.17, 15) is 18.0 Å². The van der Waals surface area contributed by atoms with Crippen molar-refractivity contribution in [1.29, 1.82) is 0 Å². The Morgan fingerprint density at radius 2 is 2.11 bits per heavy atom. The second kappa shape index (κ2) is 9.18. The van der Waals surface area contributed by atoms with Crippen LogP contribution in [0.5, 0.6) is 5.75 Å². The van der Waals surface area contributed by atoms with Gasteiger partial charge in [-0.25, -0.2) is 4.98 Å². The van der Waals surface area contributed by atoms with Gasteiger partial charge in [-0.1, -0.05) is 6.07 Å². The number of thiazole rings is 1. The molecular formula is C18H21F3N2O3S. The number of halogens is 3. The quantitative estimate of drug-likeness (QED) is 0.668. The molecule has 0 unspecified atom stereocenters. The van der Waals surface area contributed by atoms with Crippen molar-refractivity contribution >= 4 is 17.2 Å². The lowest BCUT2D eigenvalue weighted by atomic mass is 10.1. The van der Waals surface area contributed by atoms with Gasteiger partial charge in [-0.3, -0.25) is 4.79 Å². The van der Waals surface area contributed by atoms with Crippen molar-refractivity contribution in [2.75, 3.05) is 20.3 Å². The SMILES string of the molecule is COC[C@H](C)N(CC(F)(F)F)C(=O)c1cccc(OCc2csc(C)n2)c1. The minimum atomic E-state index is -4.51. The van der Waals surface area contributed by atoms with Crippen LogP contribution in [0.4, 0.5) is 13.2 Å². The molecule has 0 fully saturated rings. The smallest absolute Gasteiger partial charge is 0.406 e. The summed E-state index contributed by atoms with van der Waals surface area (Å²) in [5.74, 6) is -0.343. The molecule has 0 saturated carbocycles. The maximum Gasteiger partial charge on any atom is 0.406 e. The molecule has 1 aromatic carbocycles. The van der Waals surface area contributed by atoms with Crippen LogP contribution in [0.1, 0.15) is 28.0 Å². The number of ether oxygens (including phenoxy) is 2. The molecule has 0 aliphatic rings. The number of aromatic nitrogens is 1. The van der Waals surface area contributed by atoms with Crippen LogP contribution < -0.4 is 4.74 Å². The van der Waals surface area contributed by atoms with Gasteiger partial charge in [-0.05, 0) is 32.0 Å². The number of rotatable bonds is 8. The van der Waals surface area contributed by atoms with Gasteiger partial charge in [-0.15, -0.1) is 11.3 Å². The summed E-state index contributed by atoms with van der Waals surface area (Å²) in [4.78, 5) is 17.7. The van der Waals surface area contributed by atoms with Gasteiger partial charge in [-0.2, -0.15) is 13.2 Å². The molecule has 0 bridgehead atoms. The van der Waals surface area contributed by atoms with Gasteiger partial charge >= 0.3 is 6.18 Å². The van der Waals surface area contributed by atoms with E-state index < -0.39 is 24.7 Å². The van der Waals surface area contributed by atoms with Crippen molar-refractivity contribution in [1.82, 2.24) is 9.88 Å². The van der Waals surface area contributed by atoms with E-state index in [-0.39, 0.29) is 18.8 Å². The molecule has 0 radical (unpaired) electrons. The average molecular weight is 402 g/mol. The van der Waals surface area contributed by atoms with Crippen molar-refractivity contribution in [2.24, 2.45) is 0 Å². The Morgan fingerprint density at radius 1 is 1.37 bits per heavy atom. The fraction of sp³-hybridized carbons (Fsp3) is 0.444. The molecular weight excluding hydrogens is 381 g/mol. The molecule has 27 heavy (non-hydrogen) atoms. The largest absolute Gasteiger partial charge is 0.487 e. The predicted molar refractivity (Wildman–Crippen MR) is 96.1 cm³/mol. The lowest BCUT2D eigenvalue weighted by Gasteiger charge is -2.29. The number of alkyl halides is 3. The number of carbonyl (C=O) groups excluding carboxylic acids is 1. The average Bonchev–Trinajstić information content (AvgIpc) is 3.02. The van der Waals surface area contributed by atoms with Crippen molar-refractivity contribution in [3.8, 4) is 5.75 Å². The normalized spacial score (nSPS) is 12.7. The first kappa shape index (κ1) is 21.2. The van der Waals surface area contributed by atoms with Gasteiger partial charge in [0.1, 0.15) is 18.9 Å². The van der Waals surface area contributed by atoms with Crippen molar-refractivity contribution in [3.05, 3.63) is 45.9 Å².